The van der Waals surface area contributed by atoms with E-state index in [0.29, 0.717) is 0 Å². The Hall–Kier alpha value is -1.68. The number of halogens is 1. The van der Waals surface area contributed by atoms with Crippen molar-refractivity contribution in [3.63, 3.8) is 0 Å². The zero-order chi connectivity index (χ0) is 13.1. The number of pyridine rings is 1. The first-order valence-electron chi connectivity index (χ1n) is 6.10. The number of rotatable bonds is 2. The van der Waals surface area contributed by atoms with E-state index < -0.39 is 0 Å². The van der Waals surface area contributed by atoms with E-state index in [2.05, 4.69) is 76.1 Å². The van der Waals surface area contributed by atoms with Crippen molar-refractivity contribution in [3.8, 4) is 22.4 Å². The van der Waals surface area contributed by atoms with E-state index in [0.717, 1.165) is 11.3 Å². The summed E-state index contributed by atoms with van der Waals surface area (Å²) >= 11 is 2.34. The lowest BCUT2D eigenvalue weighted by Crippen LogP contribution is -1.84. The minimum absolute atomic E-state index is 1.01. The highest BCUT2D eigenvalue weighted by Crippen LogP contribution is 2.26. The van der Waals surface area contributed by atoms with E-state index in [1.165, 1.54) is 14.7 Å². The second-order valence-electron chi connectivity index (χ2n) is 4.31. The zero-order valence-electron chi connectivity index (χ0n) is 10.3. The van der Waals surface area contributed by atoms with Gasteiger partial charge in [0.05, 0.1) is 5.69 Å². The van der Waals surface area contributed by atoms with Crippen LogP contribution in [-0.2, 0) is 0 Å². The summed E-state index contributed by atoms with van der Waals surface area (Å²) in [6.45, 7) is 0. The van der Waals surface area contributed by atoms with Gasteiger partial charge in [-0.3, -0.25) is 4.98 Å². The molecule has 0 fully saturated rings. The molecule has 3 aromatic rings. The molecular weight excluding hydrogens is 345 g/mol. The molecule has 1 nitrogen and oxygen atoms in total. The van der Waals surface area contributed by atoms with Crippen LogP contribution in [0.5, 0.6) is 0 Å². The zero-order valence-corrected chi connectivity index (χ0v) is 12.4. The molecule has 0 aliphatic carbocycles. The summed E-state index contributed by atoms with van der Waals surface area (Å²) in [5.41, 5.74) is 4.62. The minimum Gasteiger partial charge on any atom is -0.256 e. The van der Waals surface area contributed by atoms with Gasteiger partial charge in [-0.1, -0.05) is 36.4 Å². The first-order chi connectivity index (χ1) is 9.33. The van der Waals surface area contributed by atoms with Crippen molar-refractivity contribution in [1.29, 1.82) is 0 Å². The largest absolute Gasteiger partial charge is 0.256 e. The summed E-state index contributed by atoms with van der Waals surface area (Å²) in [5, 5.41) is 0. The van der Waals surface area contributed by atoms with Gasteiger partial charge in [-0.05, 0) is 64.0 Å². The molecule has 2 heteroatoms. The lowest BCUT2D eigenvalue weighted by Gasteiger charge is -2.05. The molecule has 1 aromatic heterocycles. The fourth-order valence-corrected chi connectivity index (χ4v) is 2.60. The molecule has 0 unspecified atom stereocenters. The molecule has 0 bridgehead atoms. The molecule has 19 heavy (non-hydrogen) atoms. The first-order valence-corrected chi connectivity index (χ1v) is 7.18. The van der Waals surface area contributed by atoms with Gasteiger partial charge in [0.1, 0.15) is 0 Å². The molecule has 1 heterocycles. The normalized spacial score (nSPS) is 10.4. The SMILES string of the molecule is Ic1cccc(-c2cccc(-c3ccccn3)c2)c1. The van der Waals surface area contributed by atoms with E-state index >= 15 is 0 Å². The Morgan fingerprint density at radius 2 is 1.42 bits per heavy atom. The summed E-state index contributed by atoms with van der Waals surface area (Å²) in [6, 6.07) is 23.0. The Morgan fingerprint density at radius 1 is 0.684 bits per heavy atom. The fraction of sp³-hybridized carbons (Fsp3) is 0. The van der Waals surface area contributed by atoms with Crippen LogP contribution in [0, 0.1) is 3.57 Å². The first kappa shape index (κ1) is 12.4. The number of aromatic nitrogens is 1. The maximum Gasteiger partial charge on any atom is 0.0702 e. The molecule has 0 spiro atoms. The standard InChI is InChI=1S/C17H12IN/c18-16-8-4-6-14(12-16)13-5-3-7-15(11-13)17-9-1-2-10-19-17/h1-12H. The van der Waals surface area contributed by atoms with Crippen LogP contribution < -0.4 is 0 Å². The van der Waals surface area contributed by atoms with Crippen LogP contribution in [0.25, 0.3) is 22.4 Å². The van der Waals surface area contributed by atoms with Gasteiger partial charge in [0.25, 0.3) is 0 Å². The van der Waals surface area contributed by atoms with Crippen LogP contribution in [0.3, 0.4) is 0 Å². The molecule has 0 N–H and O–H groups in total. The molecule has 3 rings (SSSR count). The topological polar surface area (TPSA) is 12.9 Å². The molecule has 0 amide bonds. The van der Waals surface area contributed by atoms with Crippen LogP contribution in [-0.4, -0.2) is 4.98 Å². The molecule has 0 aliphatic rings. The van der Waals surface area contributed by atoms with Gasteiger partial charge >= 0.3 is 0 Å². The minimum atomic E-state index is 1.01. The van der Waals surface area contributed by atoms with Crippen LogP contribution in [0.2, 0.25) is 0 Å². The molecule has 92 valence electrons. The molecular formula is C17H12IN. The Labute approximate surface area is 126 Å². The van der Waals surface area contributed by atoms with E-state index in [-0.39, 0.29) is 0 Å². The average Bonchev–Trinajstić information content (AvgIpc) is 2.48. The van der Waals surface area contributed by atoms with Crippen molar-refractivity contribution in [2.45, 2.75) is 0 Å². The number of nitrogens with zero attached hydrogens (tertiary/aromatic N) is 1. The lowest BCUT2D eigenvalue weighted by molar-refractivity contribution is 1.33. The monoisotopic (exact) mass is 357 g/mol. The van der Waals surface area contributed by atoms with E-state index in [1.807, 2.05) is 24.4 Å². The maximum absolute atomic E-state index is 4.40. The Kier molecular flexibility index (Phi) is 3.60. The summed E-state index contributed by atoms with van der Waals surface area (Å²) in [4.78, 5) is 4.40. The molecule has 0 atom stereocenters. The predicted octanol–water partition coefficient (Wildman–Crippen LogP) is 5.02. The second-order valence-corrected chi connectivity index (χ2v) is 5.55. The van der Waals surface area contributed by atoms with E-state index in [9.17, 15) is 0 Å². The molecule has 0 radical (unpaired) electrons. The van der Waals surface area contributed by atoms with Crippen LogP contribution in [0.1, 0.15) is 0 Å². The summed E-state index contributed by atoms with van der Waals surface area (Å²) < 4.78 is 1.25. The maximum atomic E-state index is 4.40. The summed E-state index contributed by atoms with van der Waals surface area (Å²) in [5.74, 6) is 0. The highest BCUT2D eigenvalue weighted by molar-refractivity contribution is 14.1. The van der Waals surface area contributed by atoms with Crippen LogP contribution in [0.4, 0.5) is 0 Å². The fourth-order valence-electron chi connectivity index (χ4n) is 2.06. The van der Waals surface area contributed by atoms with Crippen molar-refractivity contribution < 1.29 is 0 Å². The van der Waals surface area contributed by atoms with Gasteiger partial charge in [-0.25, -0.2) is 0 Å². The van der Waals surface area contributed by atoms with Gasteiger partial charge < -0.3 is 0 Å². The third-order valence-corrected chi connectivity index (χ3v) is 3.65. The van der Waals surface area contributed by atoms with Crippen molar-refractivity contribution >= 4 is 22.6 Å². The van der Waals surface area contributed by atoms with E-state index in [1.54, 1.807) is 0 Å². The average molecular weight is 357 g/mol. The van der Waals surface area contributed by atoms with Crippen molar-refractivity contribution in [3.05, 3.63) is 76.5 Å². The van der Waals surface area contributed by atoms with Gasteiger partial charge in [-0.15, -0.1) is 0 Å². The number of benzene rings is 2. The highest BCUT2D eigenvalue weighted by atomic mass is 127. The van der Waals surface area contributed by atoms with Gasteiger partial charge in [0.2, 0.25) is 0 Å². The molecule has 0 aliphatic heterocycles. The summed E-state index contributed by atoms with van der Waals surface area (Å²) in [7, 11) is 0. The molecule has 0 saturated carbocycles. The number of hydrogen-bond acceptors (Lipinski definition) is 1. The lowest BCUT2D eigenvalue weighted by atomic mass is 10.0. The second kappa shape index (κ2) is 5.53. The van der Waals surface area contributed by atoms with Gasteiger partial charge in [-0.2, -0.15) is 0 Å². The van der Waals surface area contributed by atoms with Crippen molar-refractivity contribution in [2.24, 2.45) is 0 Å². The van der Waals surface area contributed by atoms with Gasteiger partial charge in [0.15, 0.2) is 0 Å². The molecule has 2 aromatic carbocycles. The smallest absolute Gasteiger partial charge is 0.0702 e. The Morgan fingerprint density at radius 3 is 2.16 bits per heavy atom. The van der Waals surface area contributed by atoms with Crippen LogP contribution >= 0.6 is 22.6 Å². The molecule has 0 saturated heterocycles. The van der Waals surface area contributed by atoms with Crippen molar-refractivity contribution in [1.82, 2.24) is 4.98 Å². The summed E-state index contributed by atoms with van der Waals surface area (Å²) in [6.07, 6.45) is 1.83. The number of hydrogen-bond donors (Lipinski definition) is 0. The Bertz CT molecular complexity index is 692. The quantitative estimate of drug-likeness (QED) is 0.587. The Balaban J connectivity index is 2.06. The third kappa shape index (κ3) is 2.84. The predicted molar refractivity (Wildman–Crippen MR) is 87.8 cm³/mol. The van der Waals surface area contributed by atoms with Gasteiger partial charge in [0, 0.05) is 15.3 Å². The van der Waals surface area contributed by atoms with Crippen molar-refractivity contribution in [2.75, 3.05) is 0 Å². The van der Waals surface area contributed by atoms with Crippen LogP contribution in [0.15, 0.2) is 72.9 Å². The third-order valence-electron chi connectivity index (χ3n) is 2.98. The van der Waals surface area contributed by atoms with E-state index in [4.69, 9.17) is 0 Å². The highest BCUT2D eigenvalue weighted by Gasteiger charge is 2.02.